The molecule has 1 aliphatic heterocycles. The zero-order valence-electron chi connectivity index (χ0n) is 11.1. The van der Waals surface area contributed by atoms with Gasteiger partial charge < -0.3 is 10.2 Å². The van der Waals surface area contributed by atoms with E-state index in [-0.39, 0.29) is 17.4 Å². The van der Waals surface area contributed by atoms with Crippen LogP contribution in [-0.4, -0.2) is 24.7 Å². The van der Waals surface area contributed by atoms with Gasteiger partial charge >= 0.3 is 0 Å². The summed E-state index contributed by atoms with van der Waals surface area (Å²) in [7, 11) is 0. The predicted molar refractivity (Wildman–Crippen MR) is 74.9 cm³/mol. The Morgan fingerprint density at radius 3 is 2.83 bits per heavy atom. The molecule has 4 heteroatoms. The van der Waals surface area contributed by atoms with E-state index < -0.39 is 0 Å². The SMILES string of the molecule is CCC1CNC(C)(C)CN1c1c(F)cccc1Cl. The van der Waals surface area contributed by atoms with E-state index in [0.29, 0.717) is 10.7 Å². The normalized spacial score (nSPS) is 23.2. The highest BCUT2D eigenvalue weighted by atomic mass is 35.5. The van der Waals surface area contributed by atoms with Crippen LogP contribution in [0.15, 0.2) is 18.2 Å². The Kier molecular flexibility index (Phi) is 3.83. The number of halogens is 2. The highest BCUT2D eigenvalue weighted by Gasteiger charge is 2.33. The number of para-hydroxylation sites is 1. The summed E-state index contributed by atoms with van der Waals surface area (Å²) < 4.78 is 14.0. The molecule has 2 rings (SSSR count). The maximum absolute atomic E-state index is 14.0. The number of rotatable bonds is 2. The van der Waals surface area contributed by atoms with Crippen molar-refractivity contribution in [3.8, 4) is 0 Å². The Morgan fingerprint density at radius 1 is 1.50 bits per heavy atom. The fraction of sp³-hybridized carbons (Fsp3) is 0.571. The number of nitrogens with zero attached hydrogens (tertiary/aromatic N) is 1. The van der Waals surface area contributed by atoms with Crippen molar-refractivity contribution in [2.75, 3.05) is 18.0 Å². The Morgan fingerprint density at radius 2 is 2.22 bits per heavy atom. The standard InChI is InChI=1S/C14H20ClFN2/c1-4-10-8-17-14(2,3)9-18(10)13-11(15)6-5-7-12(13)16/h5-7,10,17H,4,8-9H2,1-3H3. The monoisotopic (exact) mass is 270 g/mol. The summed E-state index contributed by atoms with van der Waals surface area (Å²) in [5.41, 5.74) is 0.512. The van der Waals surface area contributed by atoms with Crippen LogP contribution >= 0.6 is 11.6 Å². The van der Waals surface area contributed by atoms with Gasteiger partial charge in [0.2, 0.25) is 0 Å². The quantitative estimate of drug-likeness (QED) is 0.886. The lowest BCUT2D eigenvalue weighted by molar-refractivity contribution is 0.304. The van der Waals surface area contributed by atoms with Crippen LogP contribution in [0.5, 0.6) is 0 Å². The van der Waals surface area contributed by atoms with Gasteiger partial charge in [0.05, 0.1) is 10.7 Å². The van der Waals surface area contributed by atoms with Gasteiger partial charge in [0.25, 0.3) is 0 Å². The summed E-state index contributed by atoms with van der Waals surface area (Å²) in [5, 5.41) is 3.98. The number of hydrogen-bond acceptors (Lipinski definition) is 2. The molecule has 0 spiro atoms. The third kappa shape index (κ3) is 2.62. The average molecular weight is 271 g/mol. The van der Waals surface area contributed by atoms with Crippen LogP contribution in [0.2, 0.25) is 5.02 Å². The number of hydrogen-bond donors (Lipinski definition) is 1. The molecule has 0 bridgehead atoms. The molecule has 1 N–H and O–H groups in total. The molecule has 0 aliphatic carbocycles. The average Bonchev–Trinajstić information content (AvgIpc) is 2.28. The minimum absolute atomic E-state index is 0.0305. The molecule has 18 heavy (non-hydrogen) atoms. The van der Waals surface area contributed by atoms with Crippen molar-refractivity contribution in [2.24, 2.45) is 0 Å². The highest BCUT2D eigenvalue weighted by Crippen LogP contribution is 2.33. The van der Waals surface area contributed by atoms with E-state index in [1.807, 2.05) is 0 Å². The summed E-state index contributed by atoms with van der Waals surface area (Å²) >= 11 is 6.18. The third-order valence-electron chi connectivity index (χ3n) is 3.52. The van der Waals surface area contributed by atoms with E-state index in [4.69, 9.17) is 11.6 Å². The van der Waals surface area contributed by atoms with E-state index in [1.54, 1.807) is 12.1 Å². The lowest BCUT2D eigenvalue weighted by Gasteiger charge is -2.46. The summed E-state index contributed by atoms with van der Waals surface area (Å²) in [5.74, 6) is -0.237. The van der Waals surface area contributed by atoms with E-state index >= 15 is 0 Å². The van der Waals surface area contributed by atoms with Gasteiger partial charge in [-0.15, -0.1) is 0 Å². The molecule has 1 unspecified atom stereocenters. The van der Waals surface area contributed by atoms with E-state index in [2.05, 4.69) is 31.0 Å². The molecule has 1 aliphatic rings. The van der Waals surface area contributed by atoms with E-state index in [0.717, 1.165) is 19.5 Å². The third-order valence-corrected chi connectivity index (χ3v) is 3.82. The minimum atomic E-state index is -0.237. The van der Waals surface area contributed by atoms with Gasteiger partial charge in [0.15, 0.2) is 0 Å². The van der Waals surface area contributed by atoms with Gasteiger partial charge in [0, 0.05) is 24.7 Å². The molecule has 2 nitrogen and oxygen atoms in total. The molecule has 0 radical (unpaired) electrons. The maximum atomic E-state index is 14.0. The van der Waals surface area contributed by atoms with Crippen LogP contribution in [-0.2, 0) is 0 Å². The molecule has 1 aromatic rings. The number of anilines is 1. The Balaban J connectivity index is 2.39. The van der Waals surface area contributed by atoms with Crippen LogP contribution in [0.3, 0.4) is 0 Å². The molecule has 1 heterocycles. The van der Waals surface area contributed by atoms with Crippen molar-refractivity contribution < 1.29 is 4.39 Å². The van der Waals surface area contributed by atoms with E-state index in [9.17, 15) is 4.39 Å². The molecule has 0 saturated carbocycles. The Labute approximate surface area is 113 Å². The number of piperazine rings is 1. The summed E-state index contributed by atoms with van der Waals surface area (Å²) in [6, 6.07) is 5.16. The van der Waals surface area contributed by atoms with Gasteiger partial charge in [-0.25, -0.2) is 4.39 Å². The predicted octanol–water partition coefficient (Wildman–Crippen LogP) is 3.45. The molecule has 1 aromatic carbocycles. The second kappa shape index (κ2) is 5.06. The van der Waals surface area contributed by atoms with Crippen molar-refractivity contribution in [3.05, 3.63) is 29.0 Å². The van der Waals surface area contributed by atoms with Crippen molar-refractivity contribution in [3.63, 3.8) is 0 Å². The van der Waals surface area contributed by atoms with Crippen LogP contribution in [0.25, 0.3) is 0 Å². The summed E-state index contributed by atoms with van der Waals surface area (Å²) in [6.07, 6.45) is 0.966. The first kappa shape index (κ1) is 13.6. The smallest absolute Gasteiger partial charge is 0.148 e. The zero-order chi connectivity index (χ0) is 13.3. The number of nitrogens with one attached hydrogen (secondary N) is 1. The number of benzene rings is 1. The lowest BCUT2D eigenvalue weighted by Crippen LogP contribution is -2.61. The Hall–Kier alpha value is -0.800. The van der Waals surface area contributed by atoms with Gasteiger partial charge in [0.1, 0.15) is 5.82 Å². The molecule has 0 amide bonds. The van der Waals surface area contributed by atoms with Gasteiger partial charge in [-0.1, -0.05) is 24.6 Å². The maximum Gasteiger partial charge on any atom is 0.148 e. The second-order valence-corrected chi connectivity index (χ2v) is 5.93. The fourth-order valence-corrected chi connectivity index (χ4v) is 2.78. The molecule has 1 saturated heterocycles. The van der Waals surface area contributed by atoms with E-state index in [1.165, 1.54) is 6.07 Å². The van der Waals surface area contributed by atoms with Crippen molar-refractivity contribution >= 4 is 17.3 Å². The topological polar surface area (TPSA) is 15.3 Å². The second-order valence-electron chi connectivity index (χ2n) is 5.53. The lowest BCUT2D eigenvalue weighted by atomic mass is 9.96. The van der Waals surface area contributed by atoms with Crippen molar-refractivity contribution in [2.45, 2.75) is 38.8 Å². The first-order valence-electron chi connectivity index (χ1n) is 6.40. The first-order valence-corrected chi connectivity index (χ1v) is 6.78. The van der Waals surface area contributed by atoms with Gasteiger partial charge in [-0.2, -0.15) is 0 Å². The van der Waals surface area contributed by atoms with Gasteiger partial charge in [-0.3, -0.25) is 0 Å². The van der Waals surface area contributed by atoms with Crippen molar-refractivity contribution in [1.82, 2.24) is 5.32 Å². The highest BCUT2D eigenvalue weighted by molar-refractivity contribution is 6.33. The van der Waals surface area contributed by atoms with Crippen LogP contribution in [0.4, 0.5) is 10.1 Å². The minimum Gasteiger partial charge on any atom is -0.362 e. The zero-order valence-corrected chi connectivity index (χ0v) is 11.9. The largest absolute Gasteiger partial charge is 0.362 e. The summed E-state index contributed by atoms with van der Waals surface area (Å²) in [6.45, 7) is 7.98. The molecular weight excluding hydrogens is 251 g/mol. The fourth-order valence-electron chi connectivity index (χ4n) is 2.50. The Bertz CT molecular complexity index is 414. The molecule has 1 atom stereocenters. The first-order chi connectivity index (χ1) is 8.44. The van der Waals surface area contributed by atoms with Crippen LogP contribution < -0.4 is 10.2 Å². The van der Waals surface area contributed by atoms with Crippen LogP contribution in [0.1, 0.15) is 27.2 Å². The van der Waals surface area contributed by atoms with Crippen LogP contribution in [0, 0.1) is 5.82 Å². The molecule has 1 fully saturated rings. The molecular formula is C14H20ClFN2. The van der Waals surface area contributed by atoms with Crippen molar-refractivity contribution in [1.29, 1.82) is 0 Å². The van der Waals surface area contributed by atoms with Gasteiger partial charge in [-0.05, 0) is 32.4 Å². The summed E-state index contributed by atoms with van der Waals surface area (Å²) in [4.78, 5) is 2.11. The molecule has 100 valence electrons. The molecule has 0 aromatic heterocycles.